The summed E-state index contributed by atoms with van der Waals surface area (Å²) < 4.78 is 5.28. The number of hydrogen-bond donors (Lipinski definition) is 3. The highest BCUT2D eigenvalue weighted by atomic mass is 35.5. The second-order valence-corrected chi connectivity index (χ2v) is 5.47. The summed E-state index contributed by atoms with van der Waals surface area (Å²) in [7, 11) is 0. The molecule has 0 radical (unpaired) electrons. The van der Waals surface area contributed by atoms with E-state index in [1.807, 2.05) is 0 Å². The van der Waals surface area contributed by atoms with E-state index >= 15 is 0 Å². The third kappa shape index (κ3) is 4.49. The lowest BCUT2D eigenvalue weighted by Gasteiger charge is -2.13. The van der Waals surface area contributed by atoms with Crippen LogP contribution in [0.2, 0.25) is 10.0 Å². The number of urea groups is 1. The maximum atomic E-state index is 11.8. The first kappa shape index (κ1) is 15.9. The standard InChI is InChI=1S/C13H14Cl2N2O4/c14-7-1-3-9(15)10(5-7)17-13(20)16-6-8-2-4-11(21-8)12(18)19/h1,3,5,8,11H,2,4,6H2,(H,18,19)(H2,16,17,20). The van der Waals surface area contributed by atoms with E-state index in [-0.39, 0.29) is 12.6 Å². The lowest BCUT2D eigenvalue weighted by Crippen LogP contribution is -2.36. The molecule has 2 rings (SSSR count). The molecular formula is C13H14Cl2N2O4. The van der Waals surface area contributed by atoms with E-state index in [1.165, 1.54) is 6.07 Å². The maximum absolute atomic E-state index is 11.8. The minimum Gasteiger partial charge on any atom is -0.479 e. The van der Waals surface area contributed by atoms with Crippen molar-refractivity contribution in [3.63, 3.8) is 0 Å². The first-order valence-corrected chi connectivity index (χ1v) is 7.09. The highest BCUT2D eigenvalue weighted by Crippen LogP contribution is 2.25. The molecule has 1 aromatic carbocycles. The summed E-state index contributed by atoms with van der Waals surface area (Å²) in [4.78, 5) is 22.5. The molecule has 6 nitrogen and oxygen atoms in total. The van der Waals surface area contributed by atoms with E-state index < -0.39 is 18.1 Å². The minimum absolute atomic E-state index is 0.230. The molecule has 2 atom stereocenters. The highest BCUT2D eigenvalue weighted by Gasteiger charge is 2.30. The van der Waals surface area contributed by atoms with Gasteiger partial charge in [0.05, 0.1) is 16.8 Å². The summed E-state index contributed by atoms with van der Waals surface area (Å²) in [6.07, 6.45) is -0.0487. The molecular weight excluding hydrogens is 319 g/mol. The van der Waals surface area contributed by atoms with Gasteiger partial charge in [-0.3, -0.25) is 0 Å². The number of hydrogen-bond acceptors (Lipinski definition) is 3. The Morgan fingerprint density at radius 2 is 2.10 bits per heavy atom. The summed E-state index contributed by atoms with van der Waals surface area (Å²) in [5.74, 6) is -0.979. The van der Waals surface area contributed by atoms with E-state index in [1.54, 1.807) is 12.1 Å². The van der Waals surface area contributed by atoms with Gasteiger partial charge in [0.2, 0.25) is 0 Å². The smallest absolute Gasteiger partial charge is 0.332 e. The van der Waals surface area contributed by atoms with Crippen molar-refractivity contribution < 1.29 is 19.4 Å². The number of rotatable bonds is 4. The van der Waals surface area contributed by atoms with Crippen LogP contribution in [0.15, 0.2) is 18.2 Å². The summed E-state index contributed by atoms with van der Waals surface area (Å²) >= 11 is 11.8. The Labute approximate surface area is 131 Å². The van der Waals surface area contributed by atoms with Gasteiger partial charge in [0, 0.05) is 11.6 Å². The Kier molecular flexibility index (Phi) is 5.27. The van der Waals surface area contributed by atoms with Crippen molar-refractivity contribution in [1.29, 1.82) is 0 Å². The molecule has 1 aromatic rings. The molecule has 114 valence electrons. The molecule has 0 saturated carbocycles. The number of carboxylic acids is 1. The van der Waals surface area contributed by atoms with Crippen molar-refractivity contribution in [3.8, 4) is 0 Å². The Bertz CT molecular complexity index is 553. The van der Waals surface area contributed by atoms with Gasteiger partial charge < -0.3 is 20.5 Å². The summed E-state index contributed by atoms with van der Waals surface area (Å²) in [5, 5.41) is 14.8. The zero-order chi connectivity index (χ0) is 15.4. The van der Waals surface area contributed by atoms with Gasteiger partial charge in [0.1, 0.15) is 0 Å². The fraction of sp³-hybridized carbons (Fsp3) is 0.385. The average Bonchev–Trinajstić information content (AvgIpc) is 2.90. The van der Waals surface area contributed by atoms with Crippen LogP contribution in [0.5, 0.6) is 0 Å². The average molecular weight is 333 g/mol. The molecule has 0 bridgehead atoms. The van der Waals surface area contributed by atoms with E-state index in [2.05, 4.69) is 10.6 Å². The van der Waals surface area contributed by atoms with Crippen LogP contribution in [0.4, 0.5) is 10.5 Å². The molecule has 2 unspecified atom stereocenters. The monoisotopic (exact) mass is 332 g/mol. The maximum Gasteiger partial charge on any atom is 0.332 e. The largest absolute Gasteiger partial charge is 0.479 e. The SMILES string of the molecule is O=C(NCC1CCC(C(=O)O)O1)Nc1cc(Cl)ccc1Cl. The number of nitrogens with one attached hydrogen (secondary N) is 2. The molecule has 3 N–H and O–H groups in total. The predicted molar refractivity (Wildman–Crippen MR) is 79.0 cm³/mol. The Morgan fingerprint density at radius 1 is 1.33 bits per heavy atom. The highest BCUT2D eigenvalue weighted by molar-refractivity contribution is 6.35. The summed E-state index contributed by atoms with van der Waals surface area (Å²) in [6, 6.07) is 4.28. The first-order chi connectivity index (χ1) is 9.95. The van der Waals surface area contributed by atoms with Crippen molar-refractivity contribution in [2.75, 3.05) is 11.9 Å². The van der Waals surface area contributed by atoms with Crippen LogP contribution in [0, 0.1) is 0 Å². The second-order valence-electron chi connectivity index (χ2n) is 4.62. The molecule has 1 heterocycles. The number of carbonyl (C=O) groups excluding carboxylic acids is 1. The van der Waals surface area contributed by atoms with Crippen LogP contribution >= 0.6 is 23.2 Å². The fourth-order valence-corrected chi connectivity index (χ4v) is 2.34. The normalized spacial score (nSPS) is 21.0. The van der Waals surface area contributed by atoms with Crippen molar-refractivity contribution in [2.24, 2.45) is 0 Å². The van der Waals surface area contributed by atoms with Gasteiger partial charge in [-0.2, -0.15) is 0 Å². The minimum atomic E-state index is -0.979. The topological polar surface area (TPSA) is 87.7 Å². The van der Waals surface area contributed by atoms with Gasteiger partial charge in [-0.1, -0.05) is 23.2 Å². The van der Waals surface area contributed by atoms with Crippen molar-refractivity contribution in [1.82, 2.24) is 5.32 Å². The molecule has 21 heavy (non-hydrogen) atoms. The number of aliphatic carboxylic acids is 1. The molecule has 0 aromatic heterocycles. The third-order valence-electron chi connectivity index (χ3n) is 3.05. The lowest BCUT2D eigenvalue weighted by molar-refractivity contribution is -0.149. The molecule has 8 heteroatoms. The number of amides is 2. The first-order valence-electron chi connectivity index (χ1n) is 6.34. The number of carboxylic acid groups (broad SMARTS) is 1. The molecule has 2 amide bonds. The molecule has 1 fully saturated rings. The number of carbonyl (C=O) groups is 2. The Balaban J connectivity index is 1.80. The van der Waals surface area contributed by atoms with E-state index in [9.17, 15) is 9.59 Å². The fourth-order valence-electron chi connectivity index (χ4n) is 2.00. The molecule has 1 aliphatic heterocycles. The van der Waals surface area contributed by atoms with Crippen LogP contribution in [0.3, 0.4) is 0 Å². The van der Waals surface area contributed by atoms with Crippen LogP contribution in [-0.4, -0.2) is 35.9 Å². The van der Waals surface area contributed by atoms with Gasteiger partial charge in [0.25, 0.3) is 0 Å². The molecule has 0 spiro atoms. The van der Waals surface area contributed by atoms with E-state index in [0.29, 0.717) is 28.6 Å². The Morgan fingerprint density at radius 3 is 2.76 bits per heavy atom. The molecule has 0 aliphatic carbocycles. The van der Waals surface area contributed by atoms with Crippen LogP contribution in [0.1, 0.15) is 12.8 Å². The number of halogens is 2. The van der Waals surface area contributed by atoms with Crippen molar-refractivity contribution >= 4 is 40.9 Å². The van der Waals surface area contributed by atoms with Crippen molar-refractivity contribution in [3.05, 3.63) is 28.2 Å². The van der Waals surface area contributed by atoms with Crippen molar-refractivity contribution in [2.45, 2.75) is 25.0 Å². The lowest BCUT2D eigenvalue weighted by atomic mass is 10.2. The van der Waals surface area contributed by atoms with Gasteiger partial charge in [-0.05, 0) is 31.0 Å². The molecule has 1 saturated heterocycles. The van der Waals surface area contributed by atoms with Crippen LogP contribution in [0.25, 0.3) is 0 Å². The van der Waals surface area contributed by atoms with Crippen LogP contribution in [-0.2, 0) is 9.53 Å². The Hall–Kier alpha value is -1.50. The van der Waals surface area contributed by atoms with Gasteiger partial charge in [0.15, 0.2) is 6.10 Å². The number of ether oxygens (including phenoxy) is 1. The van der Waals surface area contributed by atoms with Gasteiger partial charge in [-0.15, -0.1) is 0 Å². The predicted octanol–water partition coefficient (Wildman–Crippen LogP) is 2.75. The quantitative estimate of drug-likeness (QED) is 0.791. The number of benzene rings is 1. The zero-order valence-electron chi connectivity index (χ0n) is 10.9. The van der Waals surface area contributed by atoms with Gasteiger partial charge >= 0.3 is 12.0 Å². The summed E-state index contributed by atoms with van der Waals surface area (Å²) in [6.45, 7) is 0.230. The van der Waals surface area contributed by atoms with E-state index in [4.69, 9.17) is 33.0 Å². The number of anilines is 1. The second kappa shape index (κ2) is 6.98. The summed E-state index contributed by atoms with van der Waals surface area (Å²) in [5.41, 5.74) is 0.400. The van der Waals surface area contributed by atoms with Crippen LogP contribution < -0.4 is 10.6 Å². The third-order valence-corrected chi connectivity index (χ3v) is 3.61. The zero-order valence-corrected chi connectivity index (χ0v) is 12.4. The van der Waals surface area contributed by atoms with Gasteiger partial charge in [-0.25, -0.2) is 9.59 Å². The molecule has 1 aliphatic rings. The van der Waals surface area contributed by atoms with E-state index in [0.717, 1.165) is 0 Å².